The van der Waals surface area contributed by atoms with Crippen LogP contribution in [0.1, 0.15) is 29.3 Å². The second-order valence-electron chi connectivity index (χ2n) is 7.91. The SMILES string of the molecule is CCOC(=O)c1ccc(N=C2SC(C(=O)Nc3ccccc3Cl)CC(=O)N2Cc2ccccc2)cc1. The molecule has 7 nitrogen and oxygen atoms in total. The Bertz CT molecular complexity index is 1280. The lowest BCUT2D eigenvalue weighted by Gasteiger charge is -2.32. The number of ether oxygens (including phenoxy) is 1. The maximum absolute atomic E-state index is 13.2. The molecule has 0 radical (unpaired) electrons. The summed E-state index contributed by atoms with van der Waals surface area (Å²) in [5.74, 6) is -0.953. The van der Waals surface area contributed by atoms with E-state index in [1.807, 2.05) is 30.3 Å². The van der Waals surface area contributed by atoms with Crippen LogP contribution in [0.3, 0.4) is 0 Å². The van der Waals surface area contributed by atoms with Gasteiger partial charge in [-0.2, -0.15) is 0 Å². The van der Waals surface area contributed by atoms with E-state index >= 15 is 0 Å². The number of carbonyl (C=O) groups is 3. The average Bonchev–Trinajstić information content (AvgIpc) is 2.88. The number of aliphatic imine (C=N–C) groups is 1. The van der Waals surface area contributed by atoms with Crippen LogP contribution in [-0.4, -0.2) is 39.7 Å². The normalized spacial score (nSPS) is 16.6. The summed E-state index contributed by atoms with van der Waals surface area (Å²) in [6.45, 7) is 2.36. The van der Waals surface area contributed by atoms with E-state index in [9.17, 15) is 14.4 Å². The molecule has 1 fully saturated rings. The molecule has 1 saturated heterocycles. The monoisotopic (exact) mass is 521 g/mol. The van der Waals surface area contributed by atoms with Crippen LogP contribution in [0.25, 0.3) is 0 Å². The fourth-order valence-corrected chi connectivity index (χ4v) is 4.82. The number of anilines is 1. The van der Waals surface area contributed by atoms with Crippen molar-refractivity contribution in [2.75, 3.05) is 11.9 Å². The molecule has 1 heterocycles. The summed E-state index contributed by atoms with van der Waals surface area (Å²) in [5.41, 5.74) is 2.38. The van der Waals surface area contributed by atoms with E-state index < -0.39 is 11.2 Å². The van der Waals surface area contributed by atoms with Crippen LogP contribution < -0.4 is 5.32 Å². The van der Waals surface area contributed by atoms with Crippen molar-refractivity contribution < 1.29 is 19.1 Å². The molecule has 1 atom stereocenters. The number of para-hydroxylation sites is 1. The highest BCUT2D eigenvalue weighted by Crippen LogP contribution is 2.32. The zero-order chi connectivity index (χ0) is 25.5. The number of hydrogen-bond acceptors (Lipinski definition) is 6. The molecule has 3 aromatic rings. The number of hydrogen-bond donors (Lipinski definition) is 1. The van der Waals surface area contributed by atoms with Gasteiger partial charge in [-0.05, 0) is 48.9 Å². The number of nitrogens with one attached hydrogen (secondary N) is 1. The molecule has 1 unspecified atom stereocenters. The van der Waals surface area contributed by atoms with E-state index in [1.54, 1.807) is 60.4 Å². The minimum absolute atomic E-state index is 0.0224. The number of benzene rings is 3. The molecule has 9 heteroatoms. The standard InChI is InChI=1S/C27H24ClN3O4S/c1-2-35-26(34)19-12-14-20(15-13-19)29-27-31(17-18-8-4-3-5-9-18)24(32)16-23(36-27)25(33)30-22-11-7-6-10-21(22)28/h3-15,23H,2,16-17H2,1H3,(H,30,33). The van der Waals surface area contributed by atoms with Crippen LogP contribution >= 0.6 is 23.4 Å². The Kier molecular flexibility index (Phi) is 8.40. The molecule has 0 bridgehead atoms. The van der Waals surface area contributed by atoms with Crippen molar-refractivity contribution in [1.82, 2.24) is 4.90 Å². The van der Waals surface area contributed by atoms with Crippen molar-refractivity contribution in [1.29, 1.82) is 0 Å². The van der Waals surface area contributed by atoms with Crippen molar-refractivity contribution in [3.8, 4) is 0 Å². The van der Waals surface area contributed by atoms with Crippen LogP contribution in [0.15, 0.2) is 83.9 Å². The first-order chi connectivity index (χ1) is 17.4. The quantitative estimate of drug-likeness (QED) is 0.404. The topological polar surface area (TPSA) is 88.1 Å². The van der Waals surface area contributed by atoms with Crippen LogP contribution in [-0.2, 0) is 20.9 Å². The Morgan fingerprint density at radius 3 is 2.44 bits per heavy atom. The highest BCUT2D eigenvalue weighted by atomic mass is 35.5. The Balaban J connectivity index is 1.60. The summed E-state index contributed by atoms with van der Waals surface area (Å²) in [7, 11) is 0. The molecule has 1 N–H and O–H groups in total. The smallest absolute Gasteiger partial charge is 0.338 e. The van der Waals surface area contributed by atoms with E-state index in [0.717, 1.165) is 5.56 Å². The Hall–Kier alpha value is -3.62. The number of amides is 2. The molecule has 184 valence electrons. The molecule has 1 aliphatic rings. The second-order valence-corrected chi connectivity index (χ2v) is 9.48. The van der Waals surface area contributed by atoms with Gasteiger partial charge in [-0.25, -0.2) is 9.79 Å². The molecular weight excluding hydrogens is 498 g/mol. The first-order valence-electron chi connectivity index (χ1n) is 11.4. The molecule has 0 spiro atoms. The van der Waals surface area contributed by atoms with Gasteiger partial charge in [0.05, 0.1) is 35.1 Å². The number of halogens is 1. The van der Waals surface area contributed by atoms with Gasteiger partial charge in [0.25, 0.3) is 0 Å². The molecular formula is C27H24ClN3O4S. The Morgan fingerprint density at radius 1 is 1.06 bits per heavy atom. The van der Waals surface area contributed by atoms with Crippen LogP contribution in [0.5, 0.6) is 0 Å². The van der Waals surface area contributed by atoms with E-state index in [-0.39, 0.29) is 24.8 Å². The summed E-state index contributed by atoms with van der Waals surface area (Å²) >= 11 is 7.40. The van der Waals surface area contributed by atoms with Gasteiger partial charge in [-0.1, -0.05) is 65.8 Å². The largest absolute Gasteiger partial charge is 0.462 e. The maximum Gasteiger partial charge on any atom is 0.338 e. The van der Waals surface area contributed by atoms with Gasteiger partial charge in [0, 0.05) is 6.42 Å². The summed E-state index contributed by atoms with van der Waals surface area (Å²) in [6, 6.07) is 23.1. The van der Waals surface area contributed by atoms with Gasteiger partial charge in [0.2, 0.25) is 11.8 Å². The van der Waals surface area contributed by atoms with Gasteiger partial charge < -0.3 is 10.1 Å². The summed E-state index contributed by atoms with van der Waals surface area (Å²) < 4.78 is 5.03. The van der Waals surface area contributed by atoms with Crippen LogP contribution in [0.2, 0.25) is 5.02 Å². The van der Waals surface area contributed by atoms with Crippen molar-refractivity contribution in [3.05, 3.63) is 95.0 Å². The number of amidine groups is 1. The average molecular weight is 522 g/mol. The summed E-state index contributed by atoms with van der Waals surface area (Å²) in [6.07, 6.45) is 0.0224. The Morgan fingerprint density at radius 2 is 1.75 bits per heavy atom. The van der Waals surface area contributed by atoms with Gasteiger partial charge in [0.1, 0.15) is 5.25 Å². The predicted octanol–water partition coefficient (Wildman–Crippen LogP) is 5.68. The highest BCUT2D eigenvalue weighted by molar-refractivity contribution is 8.15. The van der Waals surface area contributed by atoms with E-state index in [4.69, 9.17) is 16.3 Å². The van der Waals surface area contributed by atoms with E-state index in [0.29, 0.717) is 33.7 Å². The molecule has 4 rings (SSSR count). The first kappa shape index (κ1) is 25.5. The van der Waals surface area contributed by atoms with E-state index in [1.165, 1.54) is 11.8 Å². The lowest BCUT2D eigenvalue weighted by Crippen LogP contribution is -2.44. The molecule has 2 amide bonds. The second kappa shape index (κ2) is 11.9. The van der Waals surface area contributed by atoms with Gasteiger partial charge >= 0.3 is 5.97 Å². The van der Waals surface area contributed by atoms with Crippen molar-refractivity contribution in [3.63, 3.8) is 0 Å². The number of esters is 1. The van der Waals surface area contributed by atoms with E-state index in [2.05, 4.69) is 10.3 Å². The van der Waals surface area contributed by atoms with Crippen molar-refractivity contribution >= 4 is 57.7 Å². The minimum Gasteiger partial charge on any atom is -0.462 e. The fourth-order valence-electron chi connectivity index (χ4n) is 3.54. The van der Waals surface area contributed by atoms with Gasteiger partial charge in [0.15, 0.2) is 5.17 Å². The predicted molar refractivity (Wildman–Crippen MR) is 143 cm³/mol. The third-order valence-electron chi connectivity index (χ3n) is 5.35. The van der Waals surface area contributed by atoms with Crippen molar-refractivity contribution in [2.45, 2.75) is 25.1 Å². The number of rotatable bonds is 7. The lowest BCUT2D eigenvalue weighted by molar-refractivity contribution is -0.129. The lowest BCUT2D eigenvalue weighted by atomic mass is 10.2. The molecule has 0 aromatic heterocycles. The van der Waals surface area contributed by atoms with Gasteiger partial charge in [-0.3, -0.25) is 14.5 Å². The zero-order valence-corrected chi connectivity index (χ0v) is 21.1. The van der Waals surface area contributed by atoms with Crippen molar-refractivity contribution in [2.24, 2.45) is 4.99 Å². The highest BCUT2D eigenvalue weighted by Gasteiger charge is 2.36. The molecule has 0 saturated carbocycles. The number of nitrogens with zero attached hydrogens (tertiary/aromatic N) is 2. The summed E-state index contributed by atoms with van der Waals surface area (Å²) in [5, 5.41) is 2.95. The molecule has 3 aromatic carbocycles. The van der Waals surface area contributed by atoms with Gasteiger partial charge in [-0.15, -0.1) is 0 Å². The fraction of sp³-hybridized carbons (Fsp3) is 0.185. The number of carbonyl (C=O) groups excluding carboxylic acids is 3. The third-order valence-corrected chi connectivity index (χ3v) is 6.87. The Labute approximate surface area is 218 Å². The maximum atomic E-state index is 13.2. The molecule has 1 aliphatic heterocycles. The number of thioether (sulfide) groups is 1. The zero-order valence-electron chi connectivity index (χ0n) is 19.5. The molecule has 36 heavy (non-hydrogen) atoms. The van der Waals surface area contributed by atoms with Crippen LogP contribution in [0, 0.1) is 0 Å². The molecule has 0 aliphatic carbocycles. The minimum atomic E-state index is -0.682. The van der Waals surface area contributed by atoms with Crippen LogP contribution in [0.4, 0.5) is 11.4 Å². The third kappa shape index (κ3) is 6.33. The first-order valence-corrected chi connectivity index (χ1v) is 12.6. The summed E-state index contributed by atoms with van der Waals surface area (Å²) in [4.78, 5) is 44.5.